The van der Waals surface area contributed by atoms with E-state index in [0.717, 1.165) is 11.0 Å². The topological polar surface area (TPSA) is 54.9 Å². The first-order chi connectivity index (χ1) is 8.46. The van der Waals surface area contributed by atoms with Gasteiger partial charge in [-0.2, -0.15) is 0 Å². The fourth-order valence-corrected chi connectivity index (χ4v) is 3.94. The lowest BCUT2D eigenvalue weighted by atomic mass is 10.3. The van der Waals surface area contributed by atoms with Gasteiger partial charge in [-0.3, -0.25) is 0 Å². The second-order valence-electron chi connectivity index (χ2n) is 4.19. The van der Waals surface area contributed by atoms with Gasteiger partial charge >= 0.3 is 0 Å². The van der Waals surface area contributed by atoms with Crippen molar-refractivity contribution in [3.8, 4) is 0 Å². The van der Waals surface area contributed by atoms with Crippen LogP contribution in [0.25, 0.3) is 11.0 Å². The van der Waals surface area contributed by atoms with Gasteiger partial charge in [-0.15, -0.1) is 0 Å². The first kappa shape index (κ1) is 12.0. The van der Waals surface area contributed by atoms with Gasteiger partial charge in [-0.05, 0) is 36.5 Å². The first-order valence-corrected chi connectivity index (χ1v) is 7.77. The van der Waals surface area contributed by atoms with Gasteiger partial charge in [0, 0.05) is 10.4 Å². The summed E-state index contributed by atoms with van der Waals surface area (Å²) in [4.78, 5) is 3.04. The third kappa shape index (κ3) is 1.90. The number of nitrogens with zero attached hydrogens (tertiary/aromatic N) is 1. The van der Waals surface area contributed by atoms with Crippen LogP contribution in [0.3, 0.4) is 0 Å². The maximum absolute atomic E-state index is 11.5. The summed E-state index contributed by atoms with van der Waals surface area (Å²) < 4.78 is 25.3. The number of aromatic amines is 1. The molecule has 1 N–H and O–H groups in total. The molecule has 3 rings (SSSR count). The second kappa shape index (κ2) is 3.94. The number of sulfone groups is 1. The average molecular weight is 301 g/mol. The molecule has 1 aliphatic heterocycles. The number of imidazole rings is 1. The van der Waals surface area contributed by atoms with Crippen LogP contribution in [0.1, 0.15) is 6.04 Å². The lowest BCUT2D eigenvalue weighted by Crippen LogP contribution is -2.11. The fourth-order valence-electron chi connectivity index (χ4n) is 2.15. The Balaban J connectivity index is 2.22. The van der Waals surface area contributed by atoms with Crippen LogP contribution in [0.2, 0.25) is 5.02 Å². The van der Waals surface area contributed by atoms with E-state index in [4.69, 9.17) is 23.8 Å². The van der Waals surface area contributed by atoms with Crippen LogP contribution in [0.15, 0.2) is 29.7 Å². The smallest absolute Gasteiger partial charge is 0.178 e. The van der Waals surface area contributed by atoms with Crippen LogP contribution in [-0.4, -0.2) is 23.7 Å². The van der Waals surface area contributed by atoms with E-state index in [9.17, 15) is 8.42 Å². The van der Waals surface area contributed by atoms with E-state index in [1.165, 1.54) is 5.41 Å². The van der Waals surface area contributed by atoms with Crippen LogP contribution >= 0.6 is 23.8 Å². The molecule has 2 heterocycles. The van der Waals surface area contributed by atoms with E-state index in [1.54, 1.807) is 18.2 Å². The summed E-state index contributed by atoms with van der Waals surface area (Å²) in [5.41, 5.74) is 1.67. The summed E-state index contributed by atoms with van der Waals surface area (Å²) >= 11 is 11.2. The predicted molar refractivity (Wildman–Crippen MR) is 74.1 cm³/mol. The van der Waals surface area contributed by atoms with E-state index < -0.39 is 9.84 Å². The molecule has 2 aromatic rings. The first-order valence-electron chi connectivity index (χ1n) is 5.27. The Morgan fingerprint density at radius 2 is 2.22 bits per heavy atom. The van der Waals surface area contributed by atoms with Crippen molar-refractivity contribution in [1.82, 2.24) is 9.55 Å². The molecule has 94 valence electrons. The summed E-state index contributed by atoms with van der Waals surface area (Å²) in [5.74, 6) is 0.0525. The van der Waals surface area contributed by atoms with E-state index >= 15 is 0 Å². The van der Waals surface area contributed by atoms with Gasteiger partial charge in [0.05, 0.1) is 22.8 Å². The fraction of sp³-hybridized carbons (Fsp3) is 0.182. The molecule has 0 saturated heterocycles. The van der Waals surface area contributed by atoms with Gasteiger partial charge in [0.25, 0.3) is 0 Å². The molecule has 0 aliphatic carbocycles. The number of hydrogen-bond acceptors (Lipinski definition) is 3. The molecule has 7 heteroatoms. The molecule has 1 aliphatic rings. The summed E-state index contributed by atoms with van der Waals surface area (Å²) in [6.07, 6.45) is 1.66. The number of fused-ring (bicyclic) bond motifs is 1. The van der Waals surface area contributed by atoms with Crippen LogP contribution in [0.5, 0.6) is 0 Å². The Morgan fingerprint density at radius 1 is 1.44 bits per heavy atom. The molecular formula is C11H9ClN2O2S2. The van der Waals surface area contributed by atoms with Crippen LogP contribution in [0.4, 0.5) is 0 Å². The molecule has 18 heavy (non-hydrogen) atoms. The monoisotopic (exact) mass is 300 g/mol. The standard InChI is InChI=1S/C11H9ClN2O2S2/c12-7-1-2-10-9(5-7)13-11(17)14(10)8-3-4-18(15,16)6-8/h1-5,8H,6H2,(H,13,17). The molecule has 0 spiro atoms. The maximum atomic E-state index is 11.5. The number of rotatable bonds is 1. The van der Waals surface area contributed by atoms with Crippen molar-refractivity contribution in [2.45, 2.75) is 6.04 Å². The predicted octanol–water partition coefficient (Wildman–Crippen LogP) is 2.84. The zero-order valence-electron chi connectivity index (χ0n) is 9.13. The molecular weight excluding hydrogens is 292 g/mol. The van der Waals surface area contributed by atoms with Crippen molar-refractivity contribution in [2.75, 3.05) is 5.75 Å². The van der Waals surface area contributed by atoms with Crippen molar-refractivity contribution >= 4 is 44.7 Å². The Hall–Kier alpha value is -1.11. The van der Waals surface area contributed by atoms with Crippen molar-refractivity contribution in [1.29, 1.82) is 0 Å². The summed E-state index contributed by atoms with van der Waals surface area (Å²) in [6, 6.07) is 5.12. The molecule has 0 radical (unpaired) electrons. The van der Waals surface area contributed by atoms with Gasteiger partial charge in [0.1, 0.15) is 0 Å². The van der Waals surface area contributed by atoms with Crippen molar-refractivity contribution in [3.05, 3.63) is 39.5 Å². The maximum Gasteiger partial charge on any atom is 0.178 e. The van der Waals surface area contributed by atoms with Crippen LogP contribution in [-0.2, 0) is 9.84 Å². The minimum atomic E-state index is -3.10. The van der Waals surface area contributed by atoms with E-state index in [-0.39, 0.29) is 11.8 Å². The highest BCUT2D eigenvalue weighted by atomic mass is 35.5. The number of hydrogen-bond donors (Lipinski definition) is 1. The second-order valence-corrected chi connectivity index (χ2v) is 6.94. The molecule has 0 bridgehead atoms. The minimum absolute atomic E-state index is 0.0525. The Bertz CT molecular complexity index is 817. The normalized spacial score (nSPS) is 21.7. The zero-order valence-corrected chi connectivity index (χ0v) is 11.5. The number of halogens is 1. The lowest BCUT2D eigenvalue weighted by molar-refractivity contribution is 0.594. The molecule has 1 unspecified atom stereocenters. The molecule has 0 fully saturated rings. The number of nitrogens with one attached hydrogen (secondary N) is 1. The third-order valence-electron chi connectivity index (χ3n) is 2.92. The van der Waals surface area contributed by atoms with E-state index in [0.29, 0.717) is 9.79 Å². The Labute approximate surface area is 114 Å². The quantitative estimate of drug-likeness (QED) is 0.824. The summed E-state index contributed by atoms with van der Waals surface area (Å²) in [7, 11) is -3.10. The molecule has 1 aromatic carbocycles. The van der Waals surface area contributed by atoms with Gasteiger partial charge in [-0.1, -0.05) is 11.6 Å². The lowest BCUT2D eigenvalue weighted by Gasteiger charge is -2.10. The van der Waals surface area contributed by atoms with Gasteiger partial charge in [0.2, 0.25) is 0 Å². The molecule has 1 atom stereocenters. The van der Waals surface area contributed by atoms with Gasteiger partial charge < -0.3 is 9.55 Å². The summed E-state index contributed by atoms with van der Waals surface area (Å²) in [5, 5.41) is 1.86. The molecule has 1 aromatic heterocycles. The molecule has 0 amide bonds. The number of aromatic nitrogens is 2. The van der Waals surface area contributed by atoms with Crippen molar-refractivity contribution in [2.24, 2.45) is 0 Å². The highest BCUT2D eigenvalue weighted by Crippen LogP contribution is 2.27. The highest BCUT2D eigenvalue weighted by Gasteiger charge is 2.24. The number of allylic oxidation sites excluding steroid dienone is 1. The van der Waals surface area contributed by atoms with E-state index in [1.807, 2.05) is 10.6 Å². The number of benzene rings is 1. The SMILES string of the molecule is O=S1(=O)C=CC(n2c(=S)[nH]c3cc(Cl)ccc32)C1. The molecule has 0 saturated carbocycles. The number of H-pyrrole nitrogens is 1. The Kier molecular flexibility index (Phi) is 2.62. The Morgan fingerprint density at radius 3 is 2.89 bits per heavy atom. The van der Waals surface area contributed by atoms with Crippen molar-refractivity contribution in [3.63, 3.8) is 0 Å². The van der Waals surface area contributed by atoms with Crippen molar-refractivity contribution < 1.29 is 8.42 Å². The largest absolute Gasteiger partial charge is 0.331 e. The minimum Gasteiger partial charge on any atom is -0.331 e. The highest BCUT2D eigenvalue weighted by molar-refractivity contribution is 7.94. The zero-order chi connectivity index (χ0) is 12.9. The van der Waals surface area contributed by atoms with Crippen LogP contribution in [0, 0.1) is 4.77 Å². The van der Waals surface area contributed by atoms with Gasteiger partial charge in [-0.25, -0.2) is 8.42 Å². The van der Waals surface area contributed by atoms with Crippen LogP contribution < -0.4 is 0 Å². The summed E-state index contributed by atoms with van der Waals surface area (Å²) in [6.45, 7) is 0. The average Bonchev–Trinajstić information content (AvgIpc) is 2.77. The van der Waals surface area contributed by atoms with E-state index in [2.05, 4.69) is 4.98 Å². The molecule has 4 nitrogen and oxygen atoms in total. The van der Waals surface area contributed by atoms with Gasteiger partial charge in [0.15, 0.2) is 14.6 Å². The third-order valence-corrected chi connectivity index (χ3v) is 4.83.